The number of amides is 1. The molecule has 174 valence electrons. The van der Waals surface area contributed by atoms with Gasteiger partial charge in [-0.3, -0.25) is 14.6 Å². The number of Topliss-reactive ketones (excluding diaryl/α,β-unsaturated/α-hetero) is 1. The predicted molar refractivity (Wildman–Crippen MR) is 125 cm³/mol. The standard InChI is InChI=1S/C26H24N2O6/c1-32-19-6-8-20(9-7-19)34-15-14-28-23(18-4-3-5-21(16-18)33-2)22(25(30)26(28)31)24(29)17-10-12-27-13-11-17/h3-13,16,23,29H,14-15H2,1-2H3/b24-22-. The number of carbonyl (C=O) groups is 2. The third-order valence-electron chi connectivity index (χ3n) is 5.56. The first kappa shape index (κ1) is 22.8. The molecule has 34 heavy (non-hydrogen) atoms. The van der Waals surface area contributed by atoms with Crippen molar-refractivity contribution in [1.82, 2.24) is 9.88 Å². The number of carbonyl (C=O) groups excluding carboxylic acids is 2. The maximum atomic E-state index is 13.1. The number of likely N-dealkylation sites (tertiary alicyclic amines) is 1. The largest absolute Gasteiger partial charge is 0.507 e. The molecule has 1 aliphatic heterocycles. The Morgan fingerprint density at radius 2 is 1.62 bits per heavy atom. The molecule has 1 amide bonds. The van der Waals surface area contributed by atoms with Crippen molar-refractivity contribution in [3.05, 3.63) is 89.8 Å². The van der Waals surface area contributed by atoms with Crippen LogP contribution in [0, 0.1) is 0 Å². The van der Waals surface area contributed by atoms with Gasteiger partial charge < -0.3 is 24.2 Å². The molecule has 1 fully saturated rings. The van der Waals surface area contributed by atoms with Gasteiger partial charge in [0.15, 0.2) is 0 Å². The van der Waals surface area contributed by atoms with Gasteiger partial charge in [-0.05, 0) is 54.1 Å². The zero-order valence-electron chi connectivity index (χ0n) is 18.8. The molecule has 1 unspecified atom stereocenters. The Morgan fingerprint density at radius 3 is 2.29 bits per heavy atom. The molecule has 0 bridgehead atoms. The van der Waals surface area contributed by atoms with Crippen molar-refractivity contribution in [2.45, 2.75) is 6.04 Å². The lowest BCUT2D eigenvalue weighted by Gasteiger charge is -2.25. The van der Waals surface area contributed by atoms with E-state index in [9.17, 15) is 14.7 Å². The number of aliphatic hydroxyl groups is 1. The van der Waals surface area contributed by atoms with E-state index in [2.05, 4.69) is 4.98 Å². The molecule has 1 aromatic heterocycles. The minimum atomic E-state index is -0.803. The van der Waals surface area contributed by atoms with Crippen LogP contribution in [-0.4, -0.2) is 54.1 Å². The molecule has 0 spiro atoms. The molecular formula is C26H24N2O6. The first-order valence-corrected chi connectivity index (χ1v) is 10.6. The van der Waals surface area contributed by atoms with Crippen molar-refractivity contribution in [2.24, 2.45) is 0 Å². The van der Waals surface area contributed by atoms with Gasteiger partial charge in [0, 0.05) is 18.0 Å². The summed E-state index contributed by atoms with van der Waals surface area (Å²) in [7, 11) is 3.12. The Balaban J connectivity index is 1.67. The van der Waals surface area contributed by atoms with Crippen LogP contribution in [0.15, 0.2) is 78.6 Å². The van der Waals surface area contributed by atoms with E-state index in [1.54, 1.807) is 67.8 Å². The lowest BCUT2D eigenvalue weighted by molar-refractivity contribution is -0.140. The second-order valence-corrected chi connectivity index (χ2v) is 7.53. The van der Waals surface area contributed by atoms with E-state index >= 15 is 0 Å². The minimum Gasteiger partial charge on any atom is -0.507 e. The minimum absolute atomic E-state index is 0.00824. The summed E-state index contributed by atoms with van der Waals surface area (Å²) in [5, 5.41) is 11.0. The van der Waals surface area contributed by atoms with Gasteiger partial charge in [-0.1, -0.05) is 12.1 Å². The Kier molecular flexibility index (Phi) is 6.77. The van der Waals surface area contributed by atoms with Crippen LogP contribution in [0.2, 0.25) is 0 Å². The van der Waals surface area contributed by atoms with Gasteiger partial charge in [-0.25, -0.2) is 0 Å². The molecule has 1 saturated heterocycles. The maximum absolute atomic E-state index is 13.1. The molecule has 1 aliphatic rings. The van der Waals surface area contributed by atoms with E-state index in [0.29, 0.717) is 28.4 Å². The average Bonchev–Trinajstić information content (AvgIpc) is 3.14. The van der Waals surface area contributed by atoms with Crippen molar-refractivity contribution in [3.8, 4) is 17.2 Å². The van der Waals surface area contributed by atoms with Crippen molar-refractivity contribution >= 4 is 17.4 Å². The third kappa shape index (κ3) is 4.56. The van der Waals surface area contributed by atoms with Crippen LogP contribution in [0.4, 0.5) is 0 Å². The Bertz CT molecular complexity index is 1210. The summed E-state index contributed by atoms with van der Waals surface area (Å²) in [6, 6.07) is 16.5. The summed E-state index contributed by atoms with van der Waals surface area (Å²) < 4.78 is 16.3. The van der Waals surface area contributed by atoms with E-state index in [4.69, 9.17) is 14.2 Å². The van der Waals surface area contributed by atoms with Crippen LogP contribution in [0.25, 0.3) is 5.76 Å². The molecule has 1 atom stereocenters. The SMILES string of the molecule is COc1ccc(OCCN2C(=O)C(=O)/C(=C(\O)c3ccncc3)C2c2cccc(OC)c2)cc1. The predicted octanol–water partition coefficient (Wildman–Crippen LogP) is 3.60. The van der Waals surface area contributed by atoms with Crippen molar-refractivity contribution in [3.63, 3.8) is 0 Å². The van der Waals surface area contributed by atoms with E-state index in [1.165, 1.54) is 24.4 Å². The lowest BCUT2D eigenvalue weighted by Crippen LogP contribution is -2.33. The Morgan fingerprint density at radius 1 is 0.941 bits per heavy atom. The van der Waals surface area contributed by atoms with Crippen LogP contribution in [0.3, 0.4) is 0 Å². The number of ketones is 1. The first-order chi connectivity index (χ1) is 16.5. The fourth-order valence-electron chi connectivity index (χ4n) is 3.87. The number of hydrogen-bond donors (Lipinski definition) is 1. The molecule has 0 aliphatic carbocycles. The normalized spacial score (nSPS) is 17.0. The topological polar surface area (TPSA) is 98.2 Å². The molecule has 2 heterocycles. The molecule has 4 rings (SSSR count). The quantitative estimate of drug-likeness (QED) is 0.312. The summed E-state index contributed by atoms with van der Waals surface area (Å²) in [5.41, 5.74) is 1.04. The highest BCUT2D eigenvalue weighted by Crippen LogP contribution is 2.40. The summed E-state index contributed by atoms with van der Waals surface area (Å²) in [6.45, 7) is 0.278. The lowest BCUT2D eigenvalue weighted by atomic mass is 9.95. The van der Waals surface area contributed by atoms with Crippen molar-refractivity contribution < 1.29 is 28.9 Å². The number of aliphatic hydroxyl groups excluding tert-OH is 1. The van der Waals surface area contributed by atoms with Crippen LogP contribution in [0.5, 0.6) is 17.2 Å². The van der Waals surface area contributed by atoms with Gasteiger partial charge in [0.2, 0.25) is 0 Å². The summed E-state index contributed by atoms with van der Waals surface area (Å²) in [4.78, 5) is 31.4. The Labute approximate surface area is 197 Å². The maximum Gasteiger partial charge on any atom is 0.295 e. The molecule has 8 nitrogen and oxygen atoms in total. The smallest absolute Gasteiger partial charge is 0.295 e. The first-order valence-electron chi connectivity index (χ1n) is 10.6. The number of benzene rings is 2. The van der Waals surface area contributed by atoms with Gasteiger partial charge in [0.05, 0.1) is 32.4 Å². The van der Waals surface area contributed by atoms with Crippen molar-refractivity contribution in [2.75, 3.05) is 27.4 Å². The van der Waals surface area contributed by atoms with Crippen LogP contribution < -0.4 is 14.2 Å². The number of methoxy groups -OCH3 is 2. The monoisotopic (exact) mass is 460 g/mol. The molecule has 3 aromatic rings. The van der Waals surface area contributed by atoms with Gasteiger partial charge in [-0.15, -0.1) is 0 Å². The van der Waals surface area contributed by atoms with Gasteiger partial charge in [0.1, 0.15) is 29.6 Å². The summed E-state index contributed by atoms with van der Waals surface area (Å²) in [6.07, 6.45) is 3.02. The zero-order chi connectivity index (χ0) is 24.1. The number of hydrogen-bond acceptors (Lipinski definition) is 7. The Hall–Kier alpha value is -4.33. The average molecular weight is 460 g/mol. The fourth-order valence-corrected chi connectivity index (χ4v) is 3.87. The second-order valence-electron chi connectivity index (χ2n) is 7.53. The van der Waals surface area contributed by atoms with E-state index < -0.39 is 17.7 Å². The molecule has 8 heteroatoms. The molecular weight excluding hydrogens is 436 g/mol. The number of nitrogens with zero attached hydrogens (tertiary/aromatic N) is 2. The molecule has 0 saturated carbocycles. The number of aromatic nitrogens is 1. The van der Waals surface area contributed by atoms with Crippen molar-refractivity contribution in [1.29, 1.82) is 0 Å². The van der Waals surface area contributed by atoms with Gasteiger partial charge in [-0.2, -0.15) is 0 Å². The van der Waals surface area contributed by atoms with E-state index in [-0.39, 0.29) is 24.5 Å². The fraction of sp³-hybridized carbons (Fsp3) is 0.192. The summed E-state index contributed by atoms with van der Waals surface area (Å²) >= 11 is 0. The van der Waals surface area contributed by atoms with Gasteiger partial charge >= 0.3 is 0 Å². The van der Waals surface area contributed by atoms with Crippen LogP contribution in [0.1, 0.15) is 17.2 Å². The van der Waals surface area contributed by atoms with Gasteiger partial charge in [0.25, 0.3) is 11.7 Å². The zero-order valence-corrected chi connectivity index (χ0v) is 18.8. The highest BCUT2D eigenvalue weighted by atomic mass is 16.5. The number of ether oxygens (including phenoxy) is 3. The molecule has 1 N–H and O–H groups in total. The highest BCUT2D eigenvalue weighted by Gasteiger charge is 2.46. The molecule has 0 radical (unpaired) electrons. The van der Waals surface area contributed by atoms with E-state index in [1.807, 2.05) is 0 Å². The second kappa shape index (κ2) is 10.1. The third-order valence-corrected chi connectivity index (χ3v) is 5.56. The highest BCUT2D eigenvalue weighted by molar-refractivity contribution is 6.46. The van der Waals surface area contributed by atoms with E-state index in [0.717, 1.165) is 0 Å². The molecule has 2 aromatic carbocycles. The summed E-state index contributed by atoms with van der Waals surface area (Å²) in [5.74, 6) is 0.154. The van der Waals surface area contributed by atoms with Crippen LogP contribution in [-0.2, 0) is 9.59 Å². The number of pyridine rings is 1. The number of rotatable bonds is 8. The van der Waals surface area contributed by atoms with Crippen LogP contribution >= 0.6 is 0 Å².